The highest BCUT2D eigenvalue weighted by Gasteiger charge is 2.56. The fourth-order valence-corrected chi connectivity index (χ4v) is 6.73. The molecule has 3 aliphatic rings. The maximum Gasteiger partial charge on any atom is 0.246 e. The second-order valence-electron chi connectivity index (χ2n) is 8.75. The van der Waals surface area contributed by atoms with Gasteiger partial charge in [-0.05, 0) is 43.7 Å². The molecule has 0 spiro atoms. The maximum atomic E-state index is 13.2. The van der Waals surface area contributed by atoms with E-state index in [1.54, 1.807) is 25.4 Å². The minimum absolute atomic E-state index is 0.119. The largest absolute Gasteiger partial charge is 0.340 e. The van der Waals surface area contributed by atoms with E-state index in [1.807, 2.05) is 11.0 Å². The summed E-state index contributed by atoms with van der Waals surface area (Å²) in [7, 11) is -3.71. The number of carbonyl (C=O) groups is 1. The first-order chi connectivity index (χ1) is 15.0. The molecule has 2 unspecified atom stereocenters. The van der Waals surface area contributed by atoms with E-state index >= 15 is 0 Å². The van der Waals surface area contributed by atoms with Crippen LogP contribution in [0.3, 0.4) is 0 Å². The highest BCUT2D eigenvalue weighted by atomic mass is 32.2. The number of pyridine rings is 1. The van der Waals surface area contributed by atoms with Crippen LogP contribution in [0.5, 0.6) is 0 Å². The van der Waals surface area contributed by atoms with Gasteiger partial charge in [0.05, 0.1) is 11.9 Å². The second-order valence-corrected chi connectivity index (χ2v) is 10.7. The Kier molecular flexibility index (Phi) is 5.26. The SMILES string of the molecule is Cc1nc(-c2cccnc2)ncc1S(=O)(=O)N1CCN(C(=O)C2C3CCCCC32)CC1. The van der Waals surface area contributed by atoms with Crippen LogP contribution in [0.2, 0.25) is 0 Å². The molecule has 164 valence electrons. The number of nitrogens with zero attached hydrogens (tertiary/aromatic N) is 5. The van der Waals surface area contributed by atoms with Crippen LogP contribution in [0, 0.1) is 24.7 Å². The van der Waals surface area contributed by atoms with E-state index in [2.05, 4.69) is 15.0 Å². The summed E-state index contributed by atoms with van der Waals surface area (Å²) in [5, 5.41) is 0. The van der Waals surface area contributed by atoms with Gasteiger partial charge in [-0.25, -0.2) is 18.4 Å². The molecule has 0 aromatic carbocycles. The summed E-state index contributed by atoms with van der Waals surface area (Å²) in [6.45, 7) is 3.19. The highest BCUT2D eigenvalue weighted by molar-refractivity contribution is 7.89. The van der Waals surface area contributed by atoms with Gasteiger partial charge in [0.1, 0.15) is 4.90 Å². The van der Waals surface area contributed by atoms with Crippen molar-refractivity contribution >= 4 is 15.9 Å². The molecule has 2 aliphatic carbocycles. The van der Waals surface area contributed by atoms with Crippen LogP contribution in [0.4, 0.5) is 0 Å². The van der Waals surface area contributed by atoms with Gasteiger partial charge in [-0.1, -0.05) is 12.8 Å². The predicted molar refractivity (Wildman–Crippen MR) is 114 cm³/mol. The van der Waals surface area contributed by atoms with Crippen LogP contribution >= 0.6 is 0 Å². The molecule has 1 aliphatic heterocycles. The van der Waals surface area contributed by atoms with Crippen molar-refractivity contribution in [2.75, 3.05) is 26.2 Å². The van der Waals surface area contributed by atoms with Gasteiger partial charge < -0.3 is 4.90 Å². The summed E-state index contributed by atoms with van der Waals surface area (Å²) in [6, 6.07) is 3.62. The first-order valence-corrected chi connectivity index (χ1v) is 12.4. The van der Waals surface area contributed by atoms with Crippen LogP contribution in [0.15, 0.2) is 35.6 Å². The van der Waals surface area contributed by atoms with Gasteiger partial charge in [-0.15, -0.1) is 0 Å². The Morgan fingerprint density at radius 3 is 2.39 bits per heavy atom. The monoisotopic (exact) mass is 441 g/mol. The third-order valence-corrected chi connectivity index (χ3v) is 8.97. The molecular formula is C22H27N5O3S. The maximum absolute atomic E-state index is 13.2. The number of hydrogen-bond acceptors (Lipinski definition) is 6. The number of fused-ring (bicyclic) bond motifs is 1. The summed E-state index contributed by atoms with van der Waals surface area (Å²) in [6.07, 6.45) is 9.50. The van der Waals surface area contributed by atoms with E-state index in [4.69, 9.17) is 0 Å². The van der Waals surface area contributed by atoms with Crippen LogP contribution in [0.25, 0.3) is 11.4 Å². The Balaban J connectivity index is 1.26. The van der Waals surface area contributed by atoms with Gasteiger partial charge in [0.15, 0.2) is 5.82 Å². The van der Waals surface area contributed by atoms with E-state index in [9.17, 15) is 13.2 Å². The van der Waals surface area contributed by atoms with Crippen molar-refractivity contribution in [1.82, 2.24) is 24.2 Å². The van der Waals surface area contributed by atoms with Crippen molar-refractivity contribution in [2.24, 2.45) is 17.8 Å². The quantitative estimate of drug-likeness (QED) is 0.721. The van der Waals surface area contributed by atoms with Gasteiger partial charge in [0, 0.05) is 50.1 Å². The summed E-state index contributed by atoms with van der Waals surface area (Å²) in [5.74, 6) is 2.00. The van der Waals surface area contributed by atoms with E-state index < -0.39 is 10.0 Å². The Bertz CT molecular complexity index is 1070. The third kappa shape index (κ3) is 3.74. The number of carbonyl (C=O) groups excluding carboxylic acids is 1. The van der Waals surface area contributed by atoms with E-state index in [0.29, 0.717) is 49.5 Å². The number of piperazine rings is 1. The van der Waals surface area contributed by atoms with Crippen LogP contribution in [-0.4, -0.2) is 64.7 Å². The fraction of sp³-hybridized carbons (Fsp3) is 0.545. The molecule has 2 aromatic heterocycles. The molecule has 9 heteroatoms. The van der Waals surface area contributed by atoms with E-state index in [0.717, 1.165) is 5.56 Å². The summed E-state index contributed by atoms with van der Waals surface area (Å²) < 4.78 is 27.9. The zero-order valence-electron chi connectivity index (χ0n) is 17.6. The Morgan fingerprint density at radius 2 is 1.77 bits per heavy atom. The lowest BCUT2D eigenvalue weighted by molar-refractivity contribution is -0.134. The zero-order valence-corrected chi connectivity index (χ0v) is 18.5. The minimum Gasteiger partial charge on any atom is -0.340 e. The number of hydrogen-bond donors (Lipinski definition) is 0. The molecule has 3 fully saturated rings. The normalized spacial score (nSPS) is 26.4. The molecule has 2 atom stereocenters. The van der Waals surface area contributed by atoms with Gasteiger partial charge in [-0.3, -0.25) is 9.78 Å². The Morgan fingerprint density at radius 1 is 1.06 bits per heavy atom. The summed E-state index contributed by atoms with van der Waals surface area (Å²) in [5.41, 5.74) is 1.15. The lowest BCUT2D eigenvalue weighted by atomic mass is 10.0. The molecule has 8 nitrogen and oxygen atoms in total. The van der Waals surface area contributed by atoms with E-state index in [-0.39, 0.29) is 16.7 Å². The van der Waals surface area contributed by atoms with Crippen molar-refractivity contribution in [3.05, 3.63) is 36.4 Å². The smallest absolute Gasteiger partial charge is 0.246 e. The molecule has 5 rings (SSSR count). The minimum atomic E-state index is -3.71. The number of aryl methyl sites for hydroxylation is 1. The van der Waals surface area contributed by atoms with Crippen molar-refractivity contribution in [2.45, 2.75) is 37.5 Å². The van der Waals surface area contributed by atoms with Crippen molar-refractivity contribution in [3.8, 4) is 11.4 Å². The van der Waals surface area contributed by atoms with Crippen LogP contribution in [-0.2, 0) is 14.8 Å². The molecule has 1 saturated heterocycles. The van der Waals surface area contributed by atoms with Gasteiger partial charge in [0.2, 0.25) is 15.9 Å². The Hall–Kier alpha value is -2.39. The number of sulfonamides is 1. The summed E-state index contributed by atoms with van der Waals surface area (Å²) >= 11 is 0. The molecule has 3 heterocycles. The lowest BCUT2D eigenvalue weighted by Crippen LogP contribution is -2.51. The average Bonchev–Trinajstić information content (AvgIpc) is 3.53. The standard InChI is InChI=1S/C22H27N5O3S/c1-15-19(14-24-21(25-15)16-5-4-8-23-13-16)31(29,30)27-11-9-26(10-12-27)22(28)20-17-6-2-3-7-18(17)20/h4-5,8,13-14,17-18,20H,2-3,6-7,9-12H2,1H3. The third-order valence-electron chi connectivity index (χ3n) is 6.96. The molecule has 0 N–H and O–H groups in total. The number of rotatable bonds is 4. The number of aromatic nitrogens is 3. The van der Waals surface area contributed by atoms with E-state index in [1.165, 1.54) is 36.2 Å². The van der Waals surface area contributed by atoms with Crippen molar-refractivity contribution < 1.29 is 13.2 Å². The second kappa shape index (κ2) is 7.94. The van der Waals surface area contributed by atoms with Crippen molar-refractivity contribution in [3.63, 3.8) is 0 Å². The highest BCUT2D eigenvalue weighted by Crippen LogP contribution is 2.56. The Labute approximate surface area is 182 Å². The molecular weight excluding hydrogens is 414 g/mol. The predicted octanol–water partition coefficient (Wildman–Crippen LogP) is 2.12. The van der Waals surface area contributed by atoms with Gasteiger partial charge in [-0.2, -0.15) is 4.31 Å². The molecule has 0 bridgehead atoms. The molecule has 0 radical (unpaired) electrons. The van der Waals surface area contributed by atoms with Crippen LogP contribution < -0.4 is 0 Å². The molecule has 2 saturated carbocycles. The van der Waals surface area contributed by atoms with Crippen LogP contribution in [0.1, 0.15) is 31.4 Å². The van der Waals surface area contributed by atoms with Gasteiger partial charge in [0.25, 0.3) is 0 Å². The molecule has 31 heavy (non-hydrogen) atoms. The first kappa shape index (κ1) is 20.5. The summed E-state index contributed by atoms with van der Waals surface area (Å²) in [4.78, 5) is 27.6. The first-order valence-electron chi connectivity index (χ1n) is 11.0. The topological polar surface area (TPSA) is 96.4 Å². The fourth-order valence-electron chi connectivity index (χ4n) is 5.20. The molecule has 2 aromatic rings. The number of amides is 1. The van der Waals surface area contributed by atoms with Gasteiger partial charge >= 0.3 is 0 Å². The van der Waals surface area contributed by atoms with Crippen molar-refractivity contribution in [1.29, 1.82) is 0 Å². The molecule has 1 amide bonds. The zero-order chi connectivity index (χ0) is 21.6. The lowest BCUT2D eigenvalue weighted by Gasteiger charge is -2.34. The average molecular weight is 442 g/mol.